The second kappa shape index (κ2) is 18.2. The van der Waals surface area contributed by atoms with Gasteiger partial charge in [-0.25, -0.2) is 18.6 Å². The highest BCUT2D eigenvalue weighted by molar-refractivity contribution is 7.99. The molecule has 2 aromatic carbocycles. The average molecular weight is 701 g/mol. The smallest absolute Gasteiger partial charge is 0.407 e. The van der Waals surface area contributed by atoms with Crippen LogP contribution < -0.4 is 5.32 Å². The van der Waals surface area contributed by atoms with Crippen LogP contribution in [-0.4, -0.2) is 67.7 Å². The molecule has 0 saturated carbocycles. The fourth-order valence-electron chi connectivity index (χ4n) is 5.42. The second-order valence-corrected chi connectivity index (χ2v) is 15.2. The number of thioether (sulfide) groups is 1. The Morgan fingerprint density at radius 2 is 1.71 bits per heavy atom. The van der Waals surface area contributed by atoms with Crippen LogP contribution in [0.5, 0.6) is 0 Å². The van der Waals surface area contributed by atoms with E-state index in [0.717, 1.165) is 36.6 Å². The summed E-state index contributed by atoms with van der Waals surface area (Å²) >= 11 is 1.49. The number of carboxylic acid groups (broad SMARTS) is 1. The molecule has 9 nitrogen and oxygen atoms in total. The number of nitrogens with zero attached hydrogens (tertiary/aromatic N) is 3. The molecule has 0 aliphatic carbocycles. The Bertz CT molecular complexity index is 1540. The summed E-state index contributed by atoms with van der Waals surface area (Å²) in [5, 5.41) is 11.7. The number of halogens is 2. The molecule has 268 valence electrons. The molecular weight excluding hydrogens is 650 g/mol. The van der Waals surface area contributed by atoms with E-state index in [-0.39, 0.29) is 42.4 Å². The lowest BCUT2D eigenvalue weighted by Gasteiger charge is -2.40. The van der Waals surface area contributed by atoms with Crippen LogP contribution in [0.2, 0.25) is 0 Å². The quantitative estimate of drug-likeness (QED) is 0.137. The summed E-state index contributed by atoms with van der Waals surface area (Å²) in [5.74, 6) is -0.715. The van der Waals surface area contributed by atoms with Gasteiger partial charge in [0.15, 0.2) is 0 Å². The maximum atomic E-state index is 15.1. The maximum absolute atomic E-state index is 15.1. The van der Waals surface area contributed by atoms with Gasteiger partial charge in [-0.05, 0) is 75.0 Å². The molecule has 3 aromatic rings. The molecule has 0 fully saturated rings. The molecule has 0 radical (unpaired) electrons. The minimum atomic E-state index is -0.818. The van der Waals surface area contributed by atoms with E-state index in [1.807, 2.05) is 55.7 Å². The summed E-state index contributed by atoms with van der Waals surface area (Å²) in [4.78, 5) is 44.0. The van der Waals surface area contributed by atoms with Crippen molar-refractivity contribution in [2.24, 2.45) is 5.41 Å². The number of aliphatic carboxylic acids is 1. The largest absolute Gasteiger partial charge is 0.481 e. The number of ether oxygens (including phenoxy) is 1. The van der Waals surface area contributed by atoms with Crippen molar-refractivity contribution in [3.8, 4) is 11.3 Å². The highest BCUT2D eigenvalue weighted by Crippen LogP contribution is 2.40. The van der Waals surface area contributed by atoms with Crippen LogP contribution in [0.1, 0.15) is 91.1 Å². The molecule has 49 heavy (non-hydrogen) atoms. The van der Waals surface area contributed by atoms with Gasteiger partial charge < -0.3 is 24.6 Å². The van der Waals surface area contributed by atoms with Gasteiger partial charge in [-0.2, -0.15) is 11.8 Å². The number of rotatable bonds is 17. The summed E-state index contributed by atoms with van der Waals surface area (Å²) < 4.78 is 36.6. The average Bonchev–Trinajstić information content (AvgIpc) is 3.40. The van der Waals surface area contributed by atoms with E-state index in [1.54, 1.807) is 31.9 Å². The number of unbranched alkanes of at least 4 members (excludes halogenated alkanes) is 2. The first-order valence-electron chi connectivity index (χ1n) is 16.7. The Hall–Kier alpha value is -3.93. The molecule has 12 heteroatoms. The zero-order valence-corrected chi connectivity index (χ0v) is 30.2. The Balaban J connectivity index is 1.97. The van der Waals surface area contributed by atoms with E-state index < -0.39 is 40.8 Å². The van der Waals surface area contributed by atoms with Crippen molar-refractivity contribution >= 4 is 29.7 Å². The van der Waals surface area contributed by atoms with Gasteiger partial charge in [-0.1, -0.05) is 57.5 Å². The third kappa shape index (κ3) is 13.1. The molecule has 2 N–H and O–H groups in total. The number of amides is 2. The Kier molecular flexibility index (Phi) is 14.7. The number of nitrogens with one attached hydrogen (secondary N) is 1. The van der Waals surface area contributed by atoms with E-state index in [0.29, 0.717) is 31.0 Å². The lowest BCUT2D eigenvalue weighted by atomic mass is 9.84. The summed E-state index contributed by atoms with van der Waals surface area (Å²) in [6.07, 6.45) is 3.85. The van der Waals surface area contributed by atoms with E-state index in [1.165, 1.54) is 11.8 Å². The summed E-state index contributed by atoms with van der Waals surface area (Å²) in [6.45, 7) is 12.3. The highest BCUT2D eigenvalue weighted by atomic mass is 32.2. The highest BCUT2D eigenvalue weighted by Gasteiger charge is 2.38. The Labute approximate surface area is 292 Å². The predicted octanol–water partition coefficient (Wildman–Crippen LogP) is 8.09. The zero-order valence-electron chi connectivity index (χ0n) is 29.4. The number of hydrogen-bond donors (Lipinski definition) is 2. The van der Waals surface area contributed by atoms with Crippen molar-refractivity contribution in [1.82, 2.24) is 19.8 Å². The van der Waals surface area contributed by atoms with Gasteiger partial charge in [-0.3, -0.25) is 9.59 Å². The van der Waals surface area contributed by atoms with Crippen molar-refractivity contribution in [2.45, 2.75) is 91.8 Å². The van der Waals surface area contributed by atoms with Crippen LogP contribution >= 0.6 is 11.8 Å². The monoisotopic (exact) mass is 700 g/mol. The van der Waals surface area contributed by atoms with Gasteiger partial charge in [0.1, 0.15) is 23.1 Å². The van der Waals surface area contributed by atoms with Gasteiger partial charge in [0.05, 0.1) is 17.5 Å². The van der Waals surface area contributed by atoms with Crippen molar-refractivity contribution in [3.63, 3.8) is 0 Å². The molecule has 0 bridgehead atoms. The Morgan fingerprint density at radius 1 is 1.00 bits per heavy atom. The second-order valence-electron chi connectivity index (χ2n) is 14.1. The van der Waals surface area contributed by atoms with Gasteiger partial charge in [0.2, 0.25) is 5.91 Å². The first-order valence-corrected chi connectivity index (χ1v) is 17.8. The van der Waals surface area contributed by atoms with Gasteiger partial charge in [-0.15, -0.1) is 0 Å². The van der Waals surface area contributed by atoms with Crippen molar-refractivity contribution in [3.05, 3.63) is 77.8 Å². The third-order valence-electron chi connectivity index (χ3n) is 7.55. The van der Waals surface area contributed by atoms with Crippen LogP contribution in [0, 0.1) is 17.0 Å². The number of carboxylic acids is 1. The van der Waals surface area contributed by atoms with Crippen molar-refractivity contribution in [2.75, 3.05) is 24.6 Å². The first kappa shape index (κ1) is 39.5. The molecule has 0 aliphatic heterocycles. The van der Waals surface area contributed by atoms with Gasteiger partial charge >= 0.3 is 12.1 Å². The van der Waals surface area contributed by atoms with Crippen LogP contribution in [0.15, 0.2) is 54.7 Å². The molecule has 0 spiro atoms. The zero-order chi connectivity index (χ0) is 36.2. The maximum Gasteiger partial charge on any atom is 0.407 e. The molecule has 2 amide bonds. The van der Waals surface area contributed by atoms with Crippen LogP contribution in [0.3, 0.4) is 0 Å². The lowest BCUT2D eigenvalue weighted by molar-refractivity contribution is -0.137. The standard InChI is InChI=1S/C37H50F2N4O5S/c1-36(2,3)33(34-41-30(28-22-27(38)17-18-29(28)39)24-42(34)23-26-14-9-7-10-15-26)43(20-13-19-40-35(47)48-37(4,5)6)31(44)25-49-21-12-8-11-16-32(45)46/h7,9-10,14-15,17-18,22,24,33H,8,11-13,16,19-21,23,25H2,1-6H3,(H,40,47)(H,45,46)/t33-/m0/s1. The van der Waals surface area contributed by atoms with Gasteiger partial charge in [0.25, 0.3) is 0 Å². The number of carbonyl (C=O) groups is 3. The number of hydrogen-bond acceptors (Lipinski definition) is 6. The summed E-state index contributed by atoms with van der Waals surface area (Å²) in [7, 11) is 0. The molecule has 3 rings (SSSR count). The fraction of sp³-hybridized carbons (Fsp3) is 0.514. The number of imidazole rings is 1. The van der Waals surface area contributed by atoms with Gasteiger partial charge in [0, 0.05) is 37.8 Å². The Morgan fingerprint density at radius 3 is 2.37 bits per heavy atom. The van der Waals surface area contributed by atoms with E-state index in [4.69, 9.17) is 14.8 Å². The van der Waals surface area contributed by atoms with Crippen LogP contribution in [0.25, 0.3) is 11.3 Å². The molecule has 0 unspecified atom stereocenters. The fourth-order valence-corrected chi connectivity index (χ4v) is 6.32. The molecule has 0 saturated heterocycles. The number of alkyl carbamates (subject to hydrolysis) is 1. The summed E-state index contributed by atoms with van der Waals surface area (Å²) in [5.41, 5.74) is 0.0551. The first-order chi connectivity index (χ1) is 23.0. The molecule has 1 heterocycles. The molecule has 1 aromatic heterocycles. The van der Waals surface area contributed by atoms with E-state index in [2.05, 4.69) is 5.32 Å². The minimum absolute atomic E-state index is 0.0265. The molecular formula is C37H50F2N4O5S. The SMILES string of the molecule is CC(C)(C)OC(=O)NCCCN(C(=O)CSCCCCCC(=O)O)[C@@H](c1nc(-c2cc(F)ccc2F)cn1Cc1ccccc1)C(C)(C)C. The third-order valence-corrected chi connectivity index (χ3v) is 8.58. The number of aromatic nitrogens is 2. The predicted molar refractivity (Wildman–Crippen MR) is 189 cm³/mol. The van der Waals surface area contributed by atoms with Crippen molar-refractivity contribution < 1.29 is 33.0 Å². The number of benzene rings is 2. The van der Waals surface area contributed by atoms with E-state index in [9.17, 15) is 18.8 Å². The molecule has 1 atom stereocenters. The van der Waals surface area contributed by atoms with Crippen LogP contribution in [0.4, 0.5) is 13.6 Å². The number of carbonyl (C=O) groups excluding carboxylic acids is 2. The molecule has 0 aliphatic rings. The minimum Gasteiger partial charge on any atom is -0.481 e. The van der Waals surface area contributed by atoms with E-state index >= 15 is 4.39 Å². The van der Waals surface area contributed by atoms with Crippen LogP contribution in [-0.2, 0) is 20.9 Å². The topological polar surface area (TPSA) is 114 Å². The summed E-state index contributed by atoms with van der Waals surface area (Å²) in [6, 6.07) is 12.4. The normalized spacial score (nSPS) is 12.4. The van der Waals surface area contributed by atoms with Crippen molar-refractivity contribution in [1.29, 1.82) is 0 Å². The lowest BCUT2D eigenvalue weighted by Crippen LogP contribution is -2.44.